The van der Waals surface area contributed by atoms with Crippen LogP contribution >= 0.6 is 0 Å². The molecule has 1 aliphatic heterocycles. The average Bonchev–Trinajstić information content (AvgIpc) is 2.87. The molecule has 4 rings (SSSR count). The van der Waals surface area contributed by atoms with Gasteiger partial charge in [0.05, 0.1) is 18.8 Å². The highest BCUT2D eigenvalue weighted by atomic mass is 19.1. The van der Waals surface area contributed by atoms with Gasteiger partial charge in [0, 0.05) is 24.0 Å². The van der Waals surface area contributed by atoms with Crippen LogP contribution in [0.5, 0.6) is 5.75 Å². The number of anilines is 2. The summed E-state index contributed by atoms with van der Waals surface area (Å²) in [5.74, 6) is -0.482. The Morgan fingerprint density at radius 1 is 1.20 bits per heavy atom. The van der Waals surface area contributed by atoms with Crippen molar-refractivity contribution >= 4 is 29.5 Å². The summed E-state index contributed by atoms with van der Waals surface area (Å²) in [6.45, 7) is 2.64. The Balaban J connectivity index is 1.61. The van der Waals surface area contributed by atoms with Gasteiger partial charge in [-0.3, -0.25) is 9.88 Å². The van der Waals surface area contributed by atoms with Crippen LogP contribution in [0, 0.1) is 5.82 Å². The Morgan fingerprint density at radius 3 is 2.89 bits per heavy atom. The molecule has 0 radical (unpaired) electrons. The second-order valence-electron chi connectivity index (χ2n) is 7.97. The zero-order valence-electron chi connectivity index (χ0n) is 19.4. The molecule has 3 aromatic rings. The third-order valence-electron chi connectivity index (χ3n) is 5.48. The quantitative estimate of drug-likeness (QED) is 0.244. The number of urea groups is 1. The number of amides is 2. The van der Waals surface area contributed by atoms with E-state index in [-0.39, 0.29) is 18.3 Å². The van der Waals surface area contributed by atoms with Crippen molar-refractivity contribution in [1.82, 2.24) is 4.98 Å². The van der Waals surface area contributed by atoms with E-state index in [1.54, 1.807) is 29.2 Å². The number of carbonyl (C=O) groups excluding carboxylic acids is 2. The Morgan fingerprint density at radius 2 is 2.06 bits per heavy atom. The molecule has 8 heteroatoms. The summed E-state index contributed by atoms with van der Waals surface area (Å²) < 4.78 is 24.9. The number of esters is 1. The van der Waals surface area contributed by atoms with E-state index in [4.69, 9.17) is 9.47 Å². The van der Waals surface area contributed by atoms with E-state index in [2.05, 4.69) is 10.3 Å². The number of hydrogen-bond acceptors (Lipinski definition) is 5. The first-order chi connectivity index (χ1) is 17.0. The lowest BCUT2D eigenvalue weighted by molar-refractivity contribution is -0.137. The molecule has 0 saturated carbocycles. The number of hydrogen-bond donors (Lipinski definition) is 1. The first-order valence-corrected chi connectivity index (χ1v) is 11.4. The van der Waals surface area contributed by atoms with Crippen LogP contribution in [0.3, 0.4) is 0 Å². The maximum Gasteiger partial charge on any atom is 0.330 e. The summed E-state index contributed by atoms with van der Waals surface area (Å²) in [5.41, 5.74) is 3.04. The smallest absolute Gasteiger partial charge is 0.330 e. The standard InChI is InChI=1S/C27H26FN3O4/c1-2-3-15-34-26(32)13-11-19-10-12-21(35-18-24-22(28)8-6-14-29-24)16-25(19)31-17-20-7-4-5-9-23(20)30-27(31)33/h4-14,16H,2-3,15,17-18H2,1H3,(H,30,33). The Hall–Kier alpha value is -4.20. The summed E-state index contributed by atoms with van der Waals surface area (Å²) in [4.78, 5) is 30.6. The molecule has 0 saturated heterocycles. The lowest BCUT2D eigenvalue weighted by atomic mass is 10.1. The van der Waals surface area contributed by atoms with Crippen molar-refractivity contribution in [3.05, 3.63) is 89.5 Å². The fourth-order valence-corrected chi connectivity index (χ4v) is 3.59. The molecule has 0 spiro atoms. The van der Waals surface area contributed by atoms with Crippen LogP contribution in [0.4, 0.5) is 20.6 Å². The van der Waals surface area contributed by atoms with E-state index in [0.717, 1.165) is 24.1 Å². The number of rotatable bonds is 9. The van der Waals surface area contributed by atoms with E-state index in [1.807, 2.05) is 31.2 Å². The number of benzene rings is 2. The van der Waals surface area contributed by atoms with Gasteiger partial charge in [-0.05, 0) is 54.0 Å². The van der Waals surface area contributed by atoms with E-state index < -0.39 is 11.8 Å². The molecule has 0 fully saturated rings. The summed E-state index contributed by atoms with van der Waals surface area (Å²) in [5, 5.41) is 2.89. The van der Waals surface area contributed by atoms with Crippen molar-refractivity contribution in [3.8, 4) is 5.75 Å². The van der Waals surface area contributed by atoms with Crippen molar-refractivity contribution in [2.45, 2.75) is 32.9 Å². The van der Waals surface area contributed by atoms with Gasteiger partial charge in [-0.2, -0.15) is 0 Å². The maximum absolute atomic E-state index is 13.9. The molecule has 1 N–H and O–H groups in total. The van der Waals surface area contributed by atoms with E-state index >= 15 is 0 Å². The molecule has 2 amide bonds. The molecular formula is C27H26FN3O4. The van der Waals surface area contributed by atoms with Crippen LogP contribution in [-0.2, 0) is 22.7 Å². The Kier molecular flexibility index (Phi) is 7.72. The van der Waals surface area contributed by atoms with Crippen molar-refractivity contribution in [1.29, 1.82) is 0 Å². The van der Waals surface area contributed by atoms with Gasteiger partial charge in [-0.25, -0.2) is 14.0 Å². The molecule has 180 valence electrons. The molecule has 1 aliphatic rings. The van der Waals surface area contributed by atoms with Gasteiger partial charge in [0.25, 0.3) is 0 Å². The predicted molar refractivity (Wildman–Crippen MR) is 132 cm³/mol. The van der Waals surface area contributed by atoms with Gasteiger partial charge in [-0.15, -0.1) is 0 Å². The van der Waals surface area contributed by atoms with Crippen molar-refractivity contribution in [3.63, 3.8) is 0 Å². The van der Waals surface area contributed by atoms with Gasteiger partial charge in [-0.1, -0.05) is 31.5 Å². The van der Waals surface area contributed by atoms with E-state index in [9.17, 15) is 14.0 Å². The number of ether oxygens (including phenoxy) is 2. The number of pyridine rings is 1. The van der Waals surface area contributed by atoms with Gasteiger partial charge >= 0.3 is 12.0 Å². The lowest BCUT2D eigenvalue weighted by Gasteiger charge is -2.30. The molecule has 0 aliphatic carbocycles. The lowest BCUT2D eigenvalue weighted by Crippen LogP contribution is -2.39. The van der Waals surface area contributed by atoms with E-state index in [1.165, 1.54) is 24.4 Å². The number of carbonyl (C=O) groups is 2. The number of unbranched alkanes of at least 4 members (excludes halogenated alkanes) is 1. The number of halogens is 1. The second-order valence-corrected chi connectivity index (χ2v) is 7.97. The van der Waals surface area contributed by atoms with Crippen LogP contribution in [0.1, 0.15) is 36.6 Å². The SMILES string of the molecule is CCCCOC(=O)C=Cc1ccc(OCc2ncccc2F)cc1N1Cc2ccccc2NC1=O. The molecule has 1 aromatic heterocycles. The summed E-state index contributed by atoms with van der Waals surface area (Å²) in [6, 6.07) is 15.2. The minimum atomic E-state index is -0.458. The number of para-hydroxylation sites is 1. The number of nitrogens with one attached hydrogen (secondary N) is 1. The minimum Gasteiger partial charge on any atom is -0.487 e. The van der Waals surface area contributed by atoms with Gasteiger partial charge in [0.15, 0.2) is 0 Å². The largest absolute Gasteiger partial charge is 0.487 e. The molecule has 0 atom stereocenters. The highest BCUT2D eigenvalue weighted by Gasteiger charge is 2.25. The molecular weight excluding hydrogens is 449 g/mol. The minimum absolute atomic E-state index is 0.0694. The Labute approximate surface area is 203 Å². The number of fused-ring (bicyclic) bond motifs is 1. The first kappa shape index (κ1) is 23.9. The zero-order chi connectivity index (χ0) is 24.6. The van der Waals surface area contributed by atoms with Gasteiger partial charge < -0.3 is 14.8 Å². The van der Waals surface area contributed by atoms with Crippen LogP contribution in [0.25, 0.3) is 6.08 Å². The third kappa shape index (κ3) is 6.03. The van der Waals surface area contributed by atoms with E-state index in [0.29, 0.717) is 30.2 Å². The molecule has 2 heterocycles. The maximum atomic E-state index is 13.9. The molecule has 35 heavy (non-hydrogen) atoms. The summed E-state index contributed by atoms with van der Waals surface area (Å²) in [7, 11) is 0. The number of aromatic nitrogens is 1. The normalized spacial score (nSPS) is 12.9. The predicted octanol–water partition coefficient (Wildman–Crippen LogP) is 5.71. The van der Waals surface area contributed by atoms with Crippen molar-refractivity contribution in [2.24, 2.45) is 0 Å². The van der Waals surface area contributed by atoms with Gasteiger partial charge in [0.1, 0.15) is 23.9 Å². The highest BCUT2D eigenvalue weighted by molar-refractivity contribution is 6.05. The Bertz CT molecular complexity index is 1240. The average molecular weight is 476 g/mol. The fourth-order valence-electron chi connectivity index (χ4n) is 3.59. The molecule has 0 bridgehead atoms. The van der Waals surface area contributed by atoms with Crippen LogP contribution in [-0.4, -0.2) is 23.6 Å². The van der Waals surface area contributed by atoms with Crippen LogP contribution in [0.2, 0.25) is 0 Å². The monoisotopic (exact) mass is 475 g/mol. The topological polar surface area (TPSA) is 80.8 Å². The van der Waals surface area contributed by atoms with Crippen LogP contribution in [0.15, 0.2) is 66.9 Å². The third-order valence-corrected chi connectivity index (χ3v) is 5.48. The van der Waals surface area contributed by atoms with Crippen molar-refractivity contribution in [2.75, 3.05) is 16.8 Å². The molecule has 2 aromatic carbocycles. The second kappa shape index (κ2) is 11.3. The zero-order valence-corrected chi connectivity index (χ0v) is 19.4. The summed E-state index contributed by atoms with van der Waals surface area (Å²) >= 11 is 0. The fraction of sp³-hybridized carbons (Fsp3) is 0.222. The number of nitrogens with zero attached hydrogens (tertiary/aromatic N) is 2. The van der Waals surface area contributed by atoms with Crippen molar-refractivity contribution < 1.29 is 23.5 Å². The van der Waals surface area contributed by atoms with Crippen LogP contribution < -0.4 is 15.0 Å². The highest BCUT2D eigenvalue weighted by Crippen LogP contribution is 2.33. The molecule has 0 unspecified atom stereocenters. The first-order valence-electron chi connectivity index (χ1n) is 11.4. The molecule has 7 nitrogen and oxygen atoms in total. The summed E-state index contributed by atoms with van der Waals surface area (Å²) in [6.07, 6.45) is 6.17. The van der Waals surface area contributed by atoms with Gasteiger partial charge in [0.2, 0.25) is 0 Å².